The largest absolute Gasteiger partial charge is 0.327 e. The van der Waals surface area contributed by atoms with Crippen molar-refractivity contribution >= 4 is 23.4 Å². The number of allylic oxidation sites excluding steroid dienone is 1. The third kappa shape index (κ3) is 3.16. The Hall–Kier alpha value is -2.66. The molecule has 0 fully saturated rings. The van der Waals surface area contributed by atoms with Gasteiger partial charge in [0.25, 0.3) is 0 Å². The van der Waals surface area contributed by atoms with Crippen LogP contribution in [0.25, 0.3) is 0 Å². The highest BCUT2D eigenvalue weighted by Gasteiger charge is 2.31. The topological polar surface area (TPSA) is 58.2 Å². The van der Waals surface area contributed by atoms with Gasteiger partial charge in [-0.1, -0.05) is 23.7 Å². The van der Waals surface area contributed by atoms with Gasteiger partial charge in [0.2, 0.25) is 0 Å². The molecule has 0 saturated carbocycles. The quantitative estimate of drug-likeness (QED) is 0.827. The molecule has 6 heteroatoms. The smallest absolute Gasteiger partial charge is 0.319 e. The Kier molecular flexibility index (Phi) is 4.36. The Balaban J connectivity index is 2.06. The van der Waals surface area contributed by atoms with Crippen LogP contribution in [0.5, 0.6) is 0 Å². The number of carbonyl (C=O) groups is 2. The molecule has 0 aliphatic carbocycles. The fraction of sp³-hybridized carbons (Fsp3) is 0.111. The molecule has 2 N–H and O–H groups in total. The fourth-order valence-corrected chi connectivity index (χ4v) is 2.81. The Morgan fingerprint density at radius 2 is 1.88 bits per heavy atom. The lowest BCUT2D eigenvalue weighted by atomic mass is 9.89. The average molecular weight is 345 g/mol. The maximum absolute atomic E-state index is 13.6. The second kappa shape index (κ2) is 6.45. The molecule has 1 atom stereocenters. The minimum atomic E-state index is -0.724. The number of ketones is 1. The van der Waals surface area contributed by atoms with E-state index in [2.05, 4.69) is 10.6 Å². The van der Waals surface area contributed by atoms with Gasteiger partial charge in [-0.2, -0.15) is 0 Å². The van der Waals surface area contributed by atoms with Crippen LogP contribution in [0.15, 0.2) is 59.8 Å². The maximum Gasteiger partial charge on any atom is 0.319 e. The molecule has 0 aromatic heterocycles. The summed E-state index contributed by atoms with van der Waals surface area (Å²) in [5.74, 6) is -0.692. The zero-order valence-corrected chi connectivity index (χ0v) is 13.5. The molecule has 3 rings (SSSR count). The van der Waals surface area contributed by atoms with Crippen molar-refractivity contribution in [3.8, 4) is 0 Å². The first kappa shape index (κ1) is 16.2. The Bertz CT molecular complexity index is 846. The van der Waals surface area contributed by atoms with Gasteiger partial charge < -0.3 is 10.6 Å². The molecule has 24 heavy (non-hydrogen) atoms. The molecule has 1 heterocycles. The molecule has 1 aliphatic rings. The molecule has 1 aliphatic heterocycles. The number of benzene rings is 2. The molecule has 4 nitrogen and oxygen atoms in total. The number of Topliss-reactive ketones (excluding diaryl/α,β-unsaturated/α-hetero) is 1. The van der Waals surface area contributed by atoms with Gasteiger partial charge in [0.1, 0.15) is 5.82 Å². The van der Waals surface area contributed by atoms with Gasteiger partial charge in [-0.15, -0.1) is 0 Å². The van der Waals surface area contributed by atoms with Crippen molar-refractivity contribution < 1.29 is 14.0 Å². The SMILES string of the molecule is CC1=C(C(=O)c2ccc(Cl)cc2)[C@@H](c2cccc(F)c2)NC(=O)N1. The van der Waals surface area contributed by atoms with Gasteiger partial charge in [0, 0.05) is 21.9 Å². The first-order chi connectivity index (χ1) is 11.5. The van der Waals surface area contributed by atoms with Gasteiger partial charge in [-0.05, 0) is 48.9 Å². The number of hydrogen-bond donors (Lipinski definition) is 2. The van der Waals surface area contributed by atoms with E-state index in [0.29, 0.717) is 27.4 Å². The molecule has 2 amide bonds. The minimum Gasteiger partial charge on any atom is -0.327 e. The zero-order valence-electron chi connectivity index (χ0n) is 12.8. The van der Waals surface area contributed by atoms with Crippen LogP contribution >= 0.6 is 11.6 Å². The number of carbonyl (C=O) groups excluding carboxylic acids is 2. The van der Waals surface area contributed by atoms with Crippen LogP contribution in [-0.4, -0.2) is 11.8 Å². The highest BCUT2D eigenvalue weighted by Crippen LogP contribution is 2.30. The van der Waals surface area contributed by atoms with Crippen molar-refractivity contribution in [3.63, 3.8) is 0 Å². The second-order valence-corrected chi connectivity index (χ2v) is 5.90. The van der Waals surface area contributed by atoms with Crippen LogP contribution in [-0.2, 0) is 0 Å². The minimum absolute atomic E-state index is 0.258. The summed E-state index contributed by atoms with van der Waals surface area (Å²) in [6.45, 7) is 1.65. The lowest BCUT2D eigenvalue weighted by molar-refractivity contribution is 0.102. The lowest BCUT2D eigenvalue weighted by Gasteiger charge is -2.28. The average Bonchev–Trinajstić information content (AvgIpc) is 2.54. The van der Waals surface area contributed by atoms with E-state index in [0.717, 1.165) is 0 Å². The monoisotopic (exact) mass is 344 g/mol. The maximum atomic E-state index is 13.6. The van der Waals surface area contributed by atoms with Gasteiger partial charge in [0.15, 0.2) is 5.78 Å². The normalized spacial score (nSPS) is 17.3. The van der Waals surface area contributed by atoms with E-state index in [9.17, 15) is 14.0 Å². The summed E-state index contributed by atoms with van der Waals surface area (Å²) in [4.78, 5) is 24.7. The molecule has 2 aromatic carbocycles. The van der Waals surface area contributed by atoms with Gasteiger partial charge >= 0.3 is 6.03 Å². The van der Waals surface area contributed by atoms with Crippen molar-refractivity contribution in [1.29, 1.82) is 0 Å². The number of rotatable bonds is 3. The summed E-state index contributed by atoms with van der Waals surface area (Å²) in [6, 6.07) is 11.1. The first-order valence-corrected chi connectivity index (χ1v) is 7.67. The number of amides is 2. The third-order valence-corrected chi connectivity index (χ3v) is 4.05. The van der Waals surface area contributed by atoms with E-state index >= 15 is 0 Å². The van der Waals surface area contributed by atoms with Gasteiger partial charge in [-0.3, -0.25) is 4.79 Å². The predicted octanol–water partition coefficient (Wildman–Crippen LogP) is 3.99. The predicted molar refractivity (Wildman–Crippen MR) is 89.3 cm³/mol. The number of halogens is 2. The lowest BCUT2D eigenvalue weighted by Crippen LogP contribution is -2.45. The molecule has 122 valence electrons. The van der Waals surface area contributed by atoms with Crippen LogP contribution in [0.2, 0.25) is 5.02 Å². The number of urea groups is 1. The Morgan fingerprint density at radius 3 is 2.54 bits per heavy atom. The van der Waals surface area contributed by atoms with Crippen molar-refractivity contribution in [2.45, 2.75) is 13.0 Å². The summed E-state index contributed by atoms with van der Waals surface area (Å²) < 4.78 is 13.6. The molecule has 0 spiro atoms. The van der Waals surface area contributed by atoms with Gasteiger partial charge in [-0.25, -0.2) is 9.18 Å². The van der Waals surface area contributed by atoms with Crippen LogP contribution < -0.4 is 10.6 Å². The zero-order chi connectivity index (χ0) is 17.3. The molecular weight excluding hydrogens is 331 g/mol. The summed E-state index contributed by atoms with van der Waals surface area (Å²) in [5, 5.41) is 5.80. The van der Waals surface area contributed by atoms with Crippen LogP contribution in [0.1, 0.15) is 28.9 Å². The Morgan fingerprint density at radius 1 is 1.17 bits per heavy atom. The van der Waals surface area contributed by atoms with Crippen LogP contribution in [0.4, 0.5) is 9.18 Å². The number of nitrogens with one attached hydrogen (secondary N) is 2. The van der Waals surface area contributed by atoms with Crippen LogP contribution in [0.3, 0.4) is 0 Å². The first-order valence-electron chi connectivity index (χ1n) is 7.29. The fourth-order valence-electron chi connectivity index (χ4n) is 2.69. The second-order valence-electron chi connectivity index (χ2n) is 5.46. The highest BCUT2D eigenvalue weighted by atomic mass is 35.5. The number of hydrogen-bond acceptors (Lipinski definition) is 2. The molecule has 0 radical (unpaired) electrons. The highest BCUT2D eigenvalue weighted by molar-refractivity contribution is 6.30. The van der Waals surface area contributed by atoms with Crippen LogP contribution in [0, 0.1) is 5.82 Å². The standard InChI is InChI=1S/C18H14ClFN2O2/c1-10-15(17(23)11-5-7-13(19)8-6-11)16(22-18(24)21-10)12-3-2-4-14(20)9-12/h2-9,16H,1H3,(H2,21,22,24)/t16-/m1/s1. The van der Waals surface area contributed by atoms with E-state index in [1.807, 2.05) is 0 Å². The molecule has 0 bridgehead atoms. The van der Waals surface area contributed by atoms with E-state index in [4.69, 9.17) is 11.6 Å². The summed E-state index contributed by atoms with van der Waals surface area (Å²) in [6.07, 6.45) is 0. The molecule has 0 saturated heterocycles. The summed E-state index contributed by atoms with van der Waals surface area (Å²) in [5.41, 5.74) is 1.74. The van der Waals surface area contributed by atoms with E-state index in [1.165, 1.54) is 12.1 Å². The van der Waals surface area contributed by atoms with Crippen molar-refractivity contribution in [2.75, 3.05) is 0 Å². The van der Waals surface area contributed by atoms with Crippen molar-refractivity contribution in [2.24, 2.45) is 0 Å². The molecule has 0 unspecified atom stereocenters. The van der Waals surface area contributed by atoms with E-state index in [1.54, 1.807) is 43.3 Å². The van der Waals surface area contributed by atoms with E-state index in [-0.39, 0.29) is 5.78 Å². The van der Waals surface area contributed by atoms with E-state index < -0.39 is 17.9 Å². The molecule has 2 aromatic rings. The third-order valence-electron chi connectivity index (χ3n) is 3.80. The summed E-state index contributed by atoms with van der Waals surface area (Å²) >= 11 is 5.86. The Labute approximate surface area is 143 Å². The van der Waals surface area contributed by atoms with Crippen molar-refractivity contribution in [1.82, 2.24) is 10.6 Å². The van der Waals surface area contributed by atoms with Gasteiger partial charge in [0.05, 0.1) is 6.04 Å². The summed E-state index contributed by atoms with van der Waals surface area (Å²) in [7, 11) is 0. The van der Waals surface area contributed by atoms with Crippen molar-refractivity contribution in [3.05, 3.63) is 81.8 Å². The molecular formula is C18H14ClFN2O2.